The molecule has 1 saturated heterocycles. The predicted molar refractivity (Wildman–Crippen MR) is 81.5 cm³/mol. The first-order valence-corrected chi connectivity index (χ1v) is 9.39. The van der Waals surface area contributed by atoms with Crippen LogP contribution in [0.15, 0.2) is 18.2 Å². The van der Waals surface area contributed by atoms with E-state index >= 15 is 0 Å². The fraction of sp³-hybridized carbons (Fsp3) is 0.600. The Hall–Kier alpha value is -0.790. The SMILES string of the molecule is O=S(=O)(Cc1ccc(F)cc1Cl)N1CC2(CCC(F)(F)CC2)C1. The molecular weight excluding hydrogens is 351 g/mol. The normalized spacial score (nSPS) is 23.7. The molecule has 1 heterocycles. The van der Waals surface area contributed by atoms with Crippen LogP contribution in [-0.4, -0.2) is 31.7 Å². The van der Waals surface area contributed by atoms with Gasteiger partial charge in [-0.3, -0.25) is 0 Å². The maximum Gasteiger partial charge on any atom is 0.248 e. The molecule has 3 nitrogen and oxygen atoms in total. The van der Waals surface area contributed by atoms with Gasteiger partial charge < -0.3 is 0 Å². The highest BCUT2D eigenvalue weighted by Gasteiger charge is 2.52. The number of sulfonamides is 1. The topological polar surface area (TPSA) is 37.4 Å². The molecule has 1 spiro atoms. The lowest BCUT2D eigenvalue weighted by Crippen LogP contribution is -2.60. The molecule has 1 saturated carbocycles. The Bertz CT molecular complexity index is 705. The number of alkyl halides is 2. The Balaban J connectivity index is 1.64. The van der Waals surface area contributed by atoms with E-state index in [9.17, 15) is 21.6 Å². The van der Waals surface area contributed by atoms with Crippen LogP contribution in [0.5, 0.6) is 0 Å². The summed E-state index contributed by atoms with van der Waals surface area (Å²) < 4.78 is 65.6. The van der Waals surface area contributed by atoms with Gasteiger partial charge in [0.15, 0.2) is 0 Å². The van der Waals surface area contributed by atoms with E-state index < -0.39 is 21.8 Å². The lowest BCUT2D eigenvalue weighted by atomic mass is 9.69. The minimum absolute atomic E-state index is 0.0705. The van der Waals surface area contributed by atoms with Crippen LogP contribution in [0.2, 0.25) is 5.02 Å². The van der Waals surface area contributed by atoms with Gasteiger partial charge in [-0.15, -0.1) is 0 Å². The quantitative estimate of drug-likeness (QED) is 0.814. The molecule has 0 unspecified atom stereocenters. The number of benzene rings is 1. The van der Waals surface area contributed by atoms with Crippen molar-refractivity contribution in [3.05, 3.63) is 34.6 Å². The third kappa shape index (κ3) is 3.51. The lowest BCUT2D eigenvalue weighted by Gasteiger charge is -2.52. The Labute approximate surface area is 138 Å². The van der Waals surface area contributed by atoms with Crippen molar-refractivity contribution in [2.24, 2.45) is 5.41 Å². The molecule has 2 fully saturated rings. The third-order valence-corrected chi connectivity index (χ3v) is 6.88. The first-order chi connectivity index (χ1) is 10.6. The summed E-state index contributed by atoms with van der Waals surface area (Å²) in [6.45, 7) is 0.564. The van der Waals surface area contributed by atoms with Crippen molar-refractivity contribution < 1.29 is 21.6 Å². The van der Waals surface area contributed by atoms with E-state index in [1.165, 1.54) is 10.4 Å². The Morgan fingerprint density at radius 1 is 1.13 bits per heavy atom. The Morgan fingerprint density at radius 2 is 1.74 bits per heavy atom. The van der Waals surface area contributed by atoms with Crippen molar-refractivity contribution >= 4 is 21.6 Å². The number of rotatable bonds is 3. The maximum absolute atomic E-state index is 13.2. The van der Waals surface area contributed by atoms with Crippen LogP contribution in [0, 0.1) is 11.2 Å². The summed E-state index contributed by atoms with van der Waals surface area (Å²) in [5.41, 5.74) is 0.0330. The number of hydrogen-bond acceptors (Lipinski definition) is 2. The average Bonchev–Trinajstić information content (AvgIpc) is 2.40. The highest BCUT2D eigenvalue weighted by atomic mass is 35.5. The van der Waals surface area contributed by atoms with Crippen molar-refractivity contribution in [2.45, 2.75) is 37.4 Å². The number of nitrogens with zero attached hydrogens (tertiary/aromatic N) is 1. The Kier molecular flexibility index (Phi) is 4.18. The summed E-state index contributed by atoms with van der Waals surface area (Å²) in [6, 6.07) is 3.59. The fourth-order valence-corrected chi connectivity index (χ4v) is 5.37. The van der Waals surface area contributed by atoms with Crippen molar-refractivity contribution in [2.75, 3.05) is 13.1 Å². The highest BCUT2D eigenvalue weighted by molar-refractivity contribution is 7.88. The van der Waals surface area contributed by atoms with Crippen LogP contribution in [-0.2, 0) is 15.8 Å². The maximum atomic E-state index is 13.2. The smallest absolute Gasteiger partial charge is 0.212 e. The zero-order chi connectivity index (χ0) is 16.9. The zero-order valence-electron chi connectivity index (χ0n) is 12.4. The predicted octanol–water partition coefficient (Wildman–Crippen LogP) is 3.82. The van der Waals surface area contributed by atoms with Gasteiger partial charge in [0.2, 0.25) is 15.9 Å². The van der Waals surface area contributed by atoms with Crippen LogP contribution in [0.3, 0.4) is 0 Å². The van der Waals surface area contributed by atoms with Gasteiger partial charge in [0, 0.05) is 31.0 Å². The van der Waals surface area contributed by atoms with Gasteiger partial charge >= 0.3 is 0 Å². The molecular formula is C15H17ClF3NO2S. The fourth-order valence-electron chi connectivity index (χ4n) is 3.29. The van der Waals surface area contributed by atoms with Crippen molar-refractivity contribution in [1.82, 2.24) is 4.31 Å². The molecule has 2 aliphatic rings. The molecule has 0 N–H and O–H groups in total. The summed E-state index contributed by atoms with van der Waals surface area (Å²) in [6.07, 6.45) is 0.349. The van der Waals surface area contributed by atoms with Crippen LogP contribution < -0.4 is 0 Å². The van der Waals surface area contributed by atoms with Crippen molar-refractivity contribution in [1.29, 1.82) is 0 Å². The van der Waals surface area contributed by atoms with Crippen molar-refractivity contribution in [3.63, 3.8) is 0 Å². The third-order valence-electron chi connectivity index (χ3n) is 4.81. The van der Waals surface area contributed by atoms with Crippen LogP contribution >= 0.6 is 11.6 Å². The van der Waals surface area contributed by atoms with Gasteiger partial charge in [-0.2, -0.15) is 0 Å². The van der Waals surface area contributed by atoms with E-state index in [0.717, 1.165) is 12.1 Å². The molecule has 0 bridgehead atoms. The molecule has 1 aliphatic heterocycles. The van der Waals surface area contributed by atoms with Gasteiger partial charge in [0.05, 0.1) is 5.75 Å². The largest absolute Gasteiger partial charge is 0.248 e. The Morgan fingerprint density at radius 3 is 2.30 bits per heavy atom. The molecule has 0 atom stereocenters. The molecule has 0 radical (unpaired) electrons. The number of halogens is 4. The molecule has 128 valence electrons. The summed E-state index contributed by atoms with van der Waals surface area (Å²) in [7, 11) is -3.58. The van der Waals surface area contributed by atoms with Crippen LogP contribution in [0.1, 0.15) is 31.2 Å². The second-order valence-corrected chi connectivity index (χ2v) is 8.99. The van der Waals surface area contributed by atoms with E-state index in [4.69, 9.17) is 11.6 Å². The van der Waals surface area contributed by atoms with E-state index in [0.29, 0.717) is 18.4 Å². The molecule has 23 heavy (non-hydrogen) atoms. The lowest BCUT2D eigenvalue weighted by molar-refractivity contribution is -0.0944. The summed E-state index contributed by atoms with van der Waals surface area (Å²) in [5, 5.41) is 0.0705. The monoisotopic (exact) mass is 367 g/mol. The summed E-state index contributed by atoms with van der Waals surface area (Å²) >= 11 is 5.87. The van der Waals surface area contributed by atoms with Gasteiger partial charge in [-0.25, -0.2) is 25.9 Å². The second-order valence-electron chi connectivity index (χ2n) is 6.62. The summed E-state index contributed by atoms with van der Waals surface area (Å²) in [5.74, 6) is -3.45. The molecule has 1 aromatic rings. The van der Waals surface area contributed by atoms with E-state index in [-0.39, 0.29) is 42.1 Å². The van der Waals surface area contributed by atoms with Gasteiger partial charge in [-0.1, -0.05) is 17.7 Å². The van der Waals surface area contributed by atoms with E-state index in [1.807, 2.05) is 0 Å². The van der Waals surface area contributed by atoms with Gasteiger partial charge in [-0.05, 0) is 36.0 Å². The zero-order valence-corrected chi connectivity index (χ0v) is 13.9. The van der Waals surface area contributed by atoms with Gasteiger partial charge in [0.1, 0.15) is 5.82 Å². The molecule has 3 rings (SSSR count). The minimum Gasteiger partial charge on any atom is -0.212 e. The highest BCUT2D eigenvalue weighted by Crippen LogP contribution is 2.49. The van der Waals surface area contributed by atoms with Crippen LogP contribution in [0.4, 0.5) is 13.2 Å². The molecule has 8 heteroatoms. The second kappa shape index (κ2) is 5.63. The standard InChI is InChI=1S/C15H17ClF3NO2S/c16-13-7-12(17)2-1-11(13)8-23(21,22)20-9-14(10-20)3-5-15(18,19)6-4-14/h1-2,7H,3-6,8-10H2. The first kappa shape index (κ1) is 17.0. The minimum atomic E-state index is -3.58. The molecule has 0 amide bonds. The molecule has 1 aliphatic carbocycles. The van der Waals surface area contributed by atoms with E-state index in [1.54, 1.807) is 0 Å². The molecule has 1 aromatic carbocycles. The average molecular weight is 368 g/mol. The van der Waals surface area contributed by atoms with Crippen LogP contribution in [0.25, 0.3) is 0 Å². The summed E-state index contributed by atoms with van der Waals surface area (Å²) in [4.78, 5) is 0. The van der Waals surface area contributed by atoms with Crippen molar-refractivity contribution in [3.8, 4) is 0 Å². The number of hydrogen-bond donors (Lipinski definition) is 0. The van der Waals surface area contributed by atoms with E-state index in [2.05, 4.69) is 0 Å². The molecule has 0 aromatic heterocycles. The van der Waals surface area contributed by atoms with Gasteiger partial charge in [0.25, 0.3) is 0 Å². The first-order valence-electron chi connectivity index (χ1n) is 7.41.